The van der Waals surface area contributed by atoms with Gasteiger partial charge in [0.15, 0.2) is 5.22 Å². The quantitative estimate of drug-likeness (QED) is 0.800. The summed E-state index contributed by atoms with van der Waals surface area (Å²) in [6.45, 7) is 2.64. The molecule has 0 saturated heterocycles. The minimum Gasteiger partial charge on any atom is -0.448 e. The molecule has 2 rings (SSSR count). The monoisotopic (exact) mass is 243 g/mol. The first-order valence-corrected chi connectivity index (χ1v) is 6.06. The van der Waals surface area contributed by atoms with E-state index in [0.717, 1.165) is 31.9 Å². The van der Waals surface area contributed by atoms with Crippen molar-refractivity contribution in [3.05, 3.63) is 23.1 Å². The van der Waals surface area contributed by atoms with Gasteiger partial charge < -0.3 is 14.5 Å². The first kappa shape index (κ1) is 12.0. The molecule has 0 radical (unpaired) electrons. The van der Waals surface area contributed by atoms with E-state index in [2.05, 4.69) is 5.32 Å². The summed E-state index contributed by atoms with van der Waals surface area (Å²) < 4.78 is 10.4. The fourth-order valence-corrected chi connectivity index (χ4v) is 2.07. The van der Waals surface area contributed by atoms with Gasteiger partial charge in [-0.15, -0.1) is 0 Å². The average Bonchev–Trinajstić information content (AvgIpc) is 2.92. The fraction of sp³-hybridized carbons (Fsp3) is 0.667. The summed E-state index contributed by atoms with van der Waals surface area (Å²) in [7, 11) is 1.76. The largest absolute Gasteiger partial charge is 0.448 e. The maximum absolute atomic E-state index is 5.70. The first-order chi connectivity index (χ1) is 7.74. The van der Waals surface area contributed by atoms with Crippen LogP contribution < -0.4 is 5.32 Å². The summed E-state index contributed by atoms with van der Waals surface area (Å²) in [5.41, 5.74) is 0.479. The van der Waals surface area contributed by atoms with Crippen LogP contribution >= 0.6 is 11.6 Å². The van der Waals surface area contributed by atoms with Crippen LogP contribution in [0.2, 0.25) is 5.22 Å². The lowest BCUT2D eigenvalue weighted by molar-refractivity contribution is 0.171. The van der Waals surface area contributed by atoms with Crippen LogP contribution in [0.25, 0.3) is 0 Å². The summed E-state index contributed by atoms with van der Waals surface area (Å²) in [5.74, 6) is 0.896. The molecule has 0 atom stereocenters. The fourth-order valence-electron chi connectivity index (χ4n) is 1.91. The molecular weight excluding hydrogens is 226 g/mol. The van der Waals surface area contributed by atoms with Crippen molar-refractivity contribution in [3.8, 4) is 0 Å². The van der Waals surface area contributed by atoms with E-state index in [9.17, 15) is 0 Å². The van der Waals surface area contributed by atoms with Crippen LogP contribution in [0.4, 0.5) is 0 Å². The molecule has 0 aliphatic heterocycles. The minimum absolute atomic E-state index is 0.456. The number of hydrogen-bond donors (Lipinski definition) is 1. The Bertz CT molecular complexity index is 334. The van der Waals surface area contributed by atoms with Crippen LogP contribution in [0, 0.1) is 5.41 Å². The molecule has 1 fully saturated rings. The second-order valence-electron chi connectivity index (χ2n) is 4.55. The summed E-state index contributed by atoms with van der Waals surface area (Å²) in [6, 6.07) is 3.68. The van der Waals surface area contributed by atoms with Gasteiger partial charge in [-0.1, -0.05) is 0 Å². The van der Waals surface area contributed by atoms with E-state index in [0.29, 0.717) is 10.6 Å². The lowest BCUT2D eigenvalue weighted by Gasteiger charge is -2.14. The SMILES string of the molecule is COCCC1(CNCc2ccc(Cl)o2)CC1. The standard InChI is InChI=1S/C12H18ClNO2/c1-15-7-6-12(4-5-12)9-14-8-10-2-3-11(13)16-10/h2-3,14H,4-9H2,1H3. The molecule has 1 saturated carbocycles. The summed E-state index contributed by atoms with van der Waals surface area (Å²) >= 11 is 5.70. The highest BCUT2D eigenvalue weighted by Gasteiger charge is 2.41. The van der Waals surface area contributed by atoms with Gasteiger partial charge in [-0.3, -0.25) is 0 Å². The highest BCUT2D eigenvalue weighted by Crippen LogP contribution is 2.48. The second kappa shape index (κ2) is 5.21. The smallest absolute Gasteiger partial charge is 0.193 e. The molecule has 1 aromatic heterocycles. The van der Waals surface area contributed by atoms with Crippen molar-refractivity contribution in [1.29, 1.82) is 0 Å². The zero-order valence-corrected chi connectivity index (χ0v) is 10.3. The van der Waals surface area contributed by atoms with E-state index in [4.69, 9.17) is 20.8 Å². The Labute approximate surface area is 101 Å². The van der Waals surface area contributed by atoms with Crippen molar-refractivity contribution < 1.29 is 9.15 Å². The van der Waals surface area contributed by atoms with Crippen molar-refractivity contribution in [3.63, 3.8) is 0 Å². The molecule has 4 heteroatoms. The predicted molar refractivity (Wildman–Crippen MR) is 63.6 cm³/mol. The second-order valence-corrected chi connectivity index (χ2v) is 4.92. The highest BCUT2D eigenvalue weighted by atomic mass is 35.5. The van der Waals surface area contributed by atoms with Crippen LogP contribution in [-0.2, 0) is 11.3 Å². The van der Waals surface area contributed by atoms with E-state index in [1.54, 1.807) is 13.2 Å². The lowest BCUT2D eigenvalue weighted by atomic mass is 10.0. The van der Waals surface area contributed by atoms with Crippen LogP contribution in [0.1, 0.15) is 25.0 Å². The van der Waals surface area contributed by atoms with Gasteiger partial charge >= 0.3 is 0 Å². The van der Waals surface area contributed by atoms with Crippen molar-refractivity contribution in [2.45, 2.75) is 25.8 Å². The summed E-state index contributed by atoms with van der Waals surface area (Å²) in [5, 5.41) is 3.87. The maximum atomic E-state index is 5.70. The van der Waals surface area contributed by atoms with E-state index < -0.39 is 0 Å². The molecule has 1 heterocycles. The number of methoxy groups -OCH3 is 1. The Kier molecular flexibility index (Phi) is 3.90. The van der Waals surface area contributed by atoms with E-state index in [1.807, 2.05) is 6.07 Å². The van der Waals surface area contributed by atoms with Gasteiger partial charge in [0, 0.05) is 20.3 Å². The Hall–Kier alpha value is -0.510. The van der Waals surface area contributed by atoms with Gasteiger partial charge in [0.1, 0.15) is 5.76 Å². The van der Waals surface area contributed by atoms with Crippen LogP contribution in [0.5, 0.6) is 0 Å². The maximum Gasteiger partial charge on any atom is 0.193 e. The number of rotatable bonds is 7. The Morgan fingerprint density at radius 1 is 1.50 bits per heavy atom. The molecule has 0 unspecified atom stereocenters. The molecule has 1 aliphatic rings. The van der Waals surface area contributed by atoms with E-state index in [-0.39, 0.29) is 0 Å². The van der Waals surface area contributed by atoms with Gasteiger partial charge in [-0.25, -0.2) is 0 Å². The van der Waals surface area contributed by atoms with Crippen LogP contribution in [0.15, 0.2) is 16.5 Å². The molecule has 1 aliphatic carbocycles. The molecule has 1 aromatic rings. The molecule has 0 amide bonds. The highest BCUT2D eigenvalue weighted by molar-refractivity contribution is 6.28. The zero-order chi connectivity index (χ0) is 11.4. The topological polar surface area (TPSA) is 34.4 Å². The van der Waals surface area contributed by atoms with Crippen molar-refractivity contribution in [2.24, 2.45) is 5.41 Å². The Morgan fingerprint density at radius 3 is 2.88 bits per heavy atom. The van der Waals surface area contributed by atoms with Gasteiger partial charge in [0.25, 0.3) is 0 Å². The first-order valence-electron chi connectivity index (χ1n) is 5.68. The van der Waals surface area contributed by atoms with Gasteiger partial charge in [-0.2, -0.15) is 0 Å². The van der Waals surface area contributed by atoms with Crippen molar-refractivity contribution in [2.75, 3.05) is 20.3 Å². The predicted octanol–water partition coefficient (Wildman–Crippen LogP) is 2.84. The van der Waals surface area contributed by atoms with Gasteiger partial charge in [0.05, 0.1) is 6.54 Å². The van der Waals surface area contributed by atoms with Gasteiger partial charge in [0.2, 0.25) is 0 Å². The molecule has 3 nitrogen and oxygen atoms in total. The Morgan fingerprint density at radius 2 is 2.31 bits per heavy atom. The molecule has 90 valence electrons. The Balaban J connectivity index is 1.68. The van der Waals surface area contributed by atoms with Gasteiger partial charge in [-0.05, 0) is 48.4 Å². The third-order valence-electron chi connectivity index (χ3n) is 3.22. The lowest BCUT2D eigenvalue weighted by Crippen LogP contribution is -2.24. The molecule has 0 bridgehead atoms. The number of nitrogens with one attached hydrogen (secondary N) is 1. The molecular formula is C12H18ClNO2. The van der Waals surface area contributed by atoms with Crippen LogP contribution in [0.3, 0.4) is 0 Å². The molecule has 0 spiro atoms. The number of halogens is 1. The van der Waals surface area contributed by atoms with Crippen molar-refractivity contribution >= 4 is 11.6 Å². The number of ether oxygens (including phenoxy) is 1. The van der Waals surface area contributed by atoms with Crippen molar-refractivity contribution in [1.82, 2.24) is 5.32 Å². The zero-order valence-electron chi connectivity index (χ0n) is 9.59. The molecule has 16 heavy (non-hydrogen) atoms. The number of furan rings is 1. The van der Waals surface area contributed by atoms with E-state index in [1.165, 1.54) is 12.8 Å². The molecule has 0 aromatic carbocycles. The third kappa shape index (κ3) is 3.24. The minimum atomic E-state index is 0.456. The average molecular weight is 244 g/mol. The van der Waals surface area contributed by atoms with E-state index >= 15 is 0 Å². The third-order valence-corrected chi connectivity index (χ3v) is 3.42. The summed E-state index contributed by atoms with van der Waals surface area (Å²) in [6.07, 6.45) is 3.76. The summed E-state index contributed by atoms with van der Waals surface area (Å²) in [4.78, 5) is 0. The molecule has 1 N–H and O–H groups in total. The van der Waals surface area contributed by atoms with Crippen LogP contribution in [-0.4, -0.2) is 20.3 Å². The normalized spacial score (nSPS) is 17.6. The number of hydrogen-bond acceptors (Lipinski definition) is 3.